The number of esters is 1. The van der Waals surface area contributed by atoms with Gasteiger partial charge in [-0.15, -0.1) is 0 Å². The fourth-order valence-corrected chi connectivity index (χ4v) is 2.28. The molecule has 0 aliphatic heterocycles. The lowest BCUT2D eigenvalue weighted by Crippen LogP contribution is -2.12. The molecule has 2 rings (SSSR count). The summed E-state index contributed by atoms with van der Waals surface area (Å²) in [5, 5.41) is 1.06. The van der Waals surface area contributed by atoms with Crippen LogP contribution < -0.4 is 4.74 Å². The summed E-state index contributed by atoms with van der Waals surface area (Å²) < 4.78 is 12.4. The van der Waals surface area contributed by atoms with Crippen molar-refractivity contribution in [1.29, 1.82) is 0 Å². The number of carbonyl (C=O) groups is 1. The van der Waals surface area contributed by atoms with Gasteiger partial charge in [-0.3, -0.25) is 4.79 Å². The predicted octanol–water partition coefficient (Wildman–Crippen LogP) is 3.16. The molecule has 0 saturated heterocycles. The van der Waals surface area contributed by atoms with Crippen LogP contribution in [0.5, 0.6) is 5.75 Å². The number of hydrogen-bond acceptors (Lipinski definition) is 3. The molecule has 0 saturated carbocycles. The molecule has 0 N–H and O–H groups in total. The van der Waals surface area contributed by atoms with Gasteiger partial charge in [-0.2, -0.15) is 0 Å². The van der Waals surface area contributed by atoms with E-state index in [0.717, 1.165) is 16.7 Å². The minimum atomic E-state index is -0.167. The van der Waals surface area contributed by atoms with Gasteiger partial charge < -0.3 is 14.0 Å². The monoisotopic (exact) mass is 261 g/mol. The highest BCUT2D eigenvalue weighted by molar-refractivity contribution is 5.86. The second kappa shape index (κ2) is 5.78. The van der Waals surface area contributed by atoms with Crippen molar-refractivity contribution in [2.24, 2.45) is 0 Å². The zero-order valence-electron chi connectivity index (χ0n) is 11.6. The van der Waals surface area contributed by atoms with Crippen LogP contribution in [0.25, 0.3) is 10.9 Å². The van der Waals surface area contributed by atoms with Crippen molar-refractivity contribution in [3.63, 3.8) is 0 Å². The topological polar surface area (TPSA) is 40.5 Å². The highest BCUT2D eigenvalue weighted by Crippen LogP contribution is 2.29. The van der Waals surface area contributed by atoms with Crippen molar-refractivity contribution >= 4 is 16.9 Å². The van der Waals surface area contributed by atoms with Crippen LogP contribution in [0.4, 0.5) is 0 Å². The Balaban J connectivity index is 2.28. The van der Waals surface area contributed by atoms with Crippen LogP contribution in [0.3, 0.4) is 0 Å². The molecule has 1 atom stereocenters. The number of rotatable bonds is 5. The standard InChI is InChI=1S/C15H19NO3/c1-4-19-15(17)10-11(2)16-9-8-12-13(16)6-5-7-14(12)18-3/h5-9,11H,4,10H2,1-3H3. The Morgan fingerprint density at radius 3 is 2.84 bits per heavy atom. The molecule has 1 heterocycles. The number of ether oxygens (including phenoxy) is 2. The molecule has 0 aliphatic carbocycles. The van der Waals surface area contributed by atoms with Gasteiger partial charge in [0.15, 0.2) is 0 Å². The molecule has 1 aromatic heterocycles. The summed E-state index contributed by atoms with van der Waals surface area (Å²) in [5.74, 6) is 0.680. The summed E-state index contributed by atoms with van der Waals surface area (Å²) in [4.78, 5) is 11.5. The highest BCUT2D eigenvalue weighted by Gasteiger charge is 2.14. The van der Waals surface area contributed by atoms with Crippen molar-refractivity contribution in [3.8, 4) is 5.75 Å². The Kier molecular flexibility index (Phi) is 4.10. The van der Waals surface area contributed by atoms with Crippen LogP contribution in [0.2, 0.25) is 0 Å². The lowest BCUT2D eigenvalue weighted by atomic mass is 10.2. The van der Waals surface area contributed by atoms with Crippen molar-refractivity contribution in [1.82, 2.24) is 4.57 Å². The van der Waals surface area contributed by atoms with E-state index in [1.165, 1.54) is 0 Å². The number of benzene rings is 1. The molecule has 0 spiro atoms. The van der Waals surface area contributed by atoms with Crippen molar-refractivity contribution < 1.29 is 14.3 Å². The number of carbonyl (C=O) groups excluding carboxylic acids is 1. The summed E-state index contributed by atoms with van der Waals surface area (Å²) in [7, 11) is 1.66. The van der Waals surface area contributed by atoms with Crippen LogP contribution in [0.15, 0.2) is 30.5 Å². The van der Waals surface area contributed by atoms with Crippen LogP contribution in [0.1, 0.15) is 26.3 Å². The molecule has 0 fully saturated rings. The zero-order chi connectivity index (χ0) is 13.8. The van der Waals surface area contributed by atoms with Gasteiger partial charge in [0.25, 0.3) is 0 Å². The van der Waals surface area contributed by atoms with Crippen LogP contribution in [0, 0.1) is 0 Å². The fourth-order valence-electron chi connectivity index (χ4n) is 2.28. The van der Waals surface area contributed by atoms with E-state index in [-0.39, 0.29) is 12.0 Å². The van der Waals surface area contributed by atoms with Gasteiger partial charge in [-0.05, 0) is 32.0 Å². The molecule has 4 heteroatoms. The maximum Gasteiger partial charge on any atom is 0.307 e. The maximum atomic E-state index is 11.5. The van der Waals surface area contributed by atoms with E-state index < -0.39 is 0 Å². The van der Waals surface area contributed by atoms with Crippen LogP contribution in [-0.2, 0) is 9.53 Å². The molecule has 2 aromatic rings. The summed E-state index contributed by atoms with van der Waals surface area (Å²) in [5.41, 5.74) is 1.07. The van der Waals surface area contributed by atoms with Crippen molar-refractivity contribution in [2.75, 3.05) is 13.7 Å². The highest BCUT2D eigenvalue weighted by atomic mass is 16.5. The quantitative estimate of drug-likeness (QED) is 0.776. The van der Waals surface area contributed by atoms with E-state index in [2.05, 4.69) is 4.57 Å². The van der Waals surface area contributed by atoms with Gasteiger partial charge in [-0.1, -0.05) is 6.07 Å². The van der Waals surface area contributed by atoms with Gasteiger partial charge in [0.1, 0.15) is 5.75 Å². The minimum absolute atomic E-state index is 0.0589. The van der Waals surface area contributed by atoms with Crippen molar-refractivity contribution in [2.45, 2.75) is 26.3 Å². The van der Waals surface area contributed by atoms with Gasteiger partial charge >= 0.3 is 5.97 Å². The molecule has 1 unspecified atom stereocenters. The number of fused-ring (bicyclic) bond motifs is 1. The Bertz CT molecular complexity index is 574. The molecule has 1 aromatic carbocycles. The average Bonchev–Trinajstić information content (AvgIpc) is 2.82. The first-order valence-electron chi connectivity index (χ1n) is 6.46. The Labute approximate surface area is 112 Å². The molecule has 0 amide bonds. The molecule has 4 nitrogen and oxygen atoms in total. The summed E-state index contributed by atoms with van der Waals surface area (Å²) in [6.07, 6.45) is 2.35. The number of methoxy groups -OCH3 is 1. The smallest absolute Gasteiger partial charge is 0.307 e. The normalized spacial score (nSPS) is 12.4. The van der Waals surface area contributed by atoms with E-state index >= 15 is 0 Å². The average molecular weight is 261 g/mol. The van der Waals surface area contributed by atoms with Gasteiger partial charge in [0.2, 0.25) is 0 Å². The zero-order valence-corrected chi connectivity index (χ0v) is 11.6. The Hall–Kier alpha value is -1.97. The SMILES string of the molecule is CCOC(=O)CC(C)n1ccc2c(OC)cccc21. The molecular formula is C15H19NO3. The summed E-state index contributed by atoms with van der Waals surface area (Å²) in [6, 6.07) is 7.98. The Morgan fingerprint density at radius 1 is 1.37 bits per heavy atom. The summed E-state index contributed by atoms with van der Waals surface area (Å²) in [6.45, 7) is 4.25. The first-order valence-corrected chi connectivity index (χ1v) is 6.46. The van der Waals surface area contributed by atoms with E-state index in [9.17, 15) is 4.79 Å². The fraction of sp³-hybridized carbons (Fsp3) is 0.400. The number of hydrogen-bond donors (Lipinski definition) is 0. The Morgan fingerprint density at radius 2 is 2.16 bits per heavy atom. The summed E-state index contributed by atoms with van der Waals surface area (Å²) >= 11 is 0. The van der Waals surface area contributed by atoms with E-state index in [1.54, 1.807) is 7.11 Å². The van der Waals surface area contributed by atoms with Gasteiger partial charge in [0.05, 0.1) is 25.7 Å². The second-order valence-corrected chi connectivity index (χ2v) is 4.47. The third-order valence-corrected chi connectivity index (χ3v) is 3.19. The molecule has 102 valence electrons. The maximum absolute atomic E-state index is 11.5. The van der Waals surface area contributed by atoms with E-state index in [4.69, 9.17) is 9.47 Å². The molecule has 0 aliphatic rings. The third-order valence-electron chi connectivity index (χ3n) is 3.19. The minimum Gasteiger partial charge on any atom is -0.496 e. The lowest BCUT2D eigenvalue weighted by molar-refractivity contribution is -0.143. The number of aromatic nitrogens is 1. The predicted molar refractivity (Wildman–Crippen MR) is 74.5 cm³/mol. The third kappa shape index (κ3) is 2.72. The van der Waals surface area contributed by atoms with Crippen LogP contribution >= 0.6 is 0 Å². The largest absolute Gasteiger partial charge is 0.496 e. The molecular weight excluding hydrogens is 242 g/mol. The van der Waals surface area contributed by atoms with Crippen molar-refractivity contribution in [3.05, 3.63) is 30.5 Å². The van der Waals surface area contributed by atoms with Crippen LogP contribution in [-0.4, -0.2) is 24.3 Å². The molecule has 0 radical (unpaired) electrons. The molecule has 0 bridgehead atoms. The number of nitrogens with zero attached hydrogens (tertiary/aromatic N) is 1. The lowest BCUT2D eigenvalue weighted by Gasteiger charge is -2.14. The second-order valence-electron chi connectivity index (χ2n) is 4.47. The molecule has 19 heavy (non-hydrogen) atoms. The van der Waals surface area contributed by atoms with E-state index in [1.807, 2.05) is 44.3 Å². The first kappa shape index (κ1) is 13.5. The van der Waals surface area contributed by atoms with E-state index in [0.29, 0.717) is 13.0 Å². The first-order chi connectivity index (χ1) is 9.17. The van der Waals surface area contributed by atoms with Gasteiger partial charge in [0, 0.05) is 17.6 Å². The van der Waals surface area contributed by atoms with Gasteiger partial charge in [-0.25, -0.2) is 0 Å².